The molecule has 62 heavy (non-hydrogen) atoms. The molecule has 24 nitrogen and oxygen atoms in total. The molecule has 3 aliphatic heterocycles. The van der Waals surface area contributed by atoms with Crippen LogP contribution in [0.4, 0.5) is 0 Å². The lowest BCUT2D eigenvalue weighted by Crippen LogP contribution is -2.69. The molecule has 14 unspecified atom stereocenters. The van der Waals surface area contributed by atoms with Crippen LogP contribution in [0.15, 0.2) is 0 Å². The van der Waals surface area contributed by atoms with E-state index in [1.807, 2.05) is 13.8 Å². The molecule has 0 aromatic rings. The number of aliphatic hydroxyl groups excluding tert-OH is 10. The highest BCUT2D eigenvalue weighted by Crippen LogP contribution is 2.40. The summed E-state index contributed by atoms with van der Waals surface area (Å²) in [5, 5.41) is 124. The number of hydrogen-bond acceptors (Lipinski definition) is 21. The van der Waals surface area contributed by atoms with Crippen LogP contribution in [0, 0.1) is 5.92 Å². The van der Waals surface area contributed by atoms with Gasteiger partial charge < -0.3 is 105 Å². The quantitative estimate of drug-likeness (QED) is 0.0401. The number of nitrogens with one attached hydrogen (secondary N) is 3. The van der Waals surface area contributed by atoms with E-state index in [9.17, 15) is 70.6 Å². The maximum Gasteiger partial charge on any atom is 0.364 e. The van der Waals surface area contributed by atoms with E-state index < -0.39 is 173 Å². The van der Waals surface area contributed by atoms with Gasteiger partial charge >= 0.3 is 5.97 Å². The maximum absolute atomic E-state index is 13.0. The second-order valence-corrected chi connectivity index (χ2v) is 16.4. The normalized spacial score (nSPS) is 36.6. The number of aliphatic carboxylic acids is 1. The number of carbonyl (C=O) groups excluding carboxylic acids is 2. The Kier molecular flexibility index (Phi) is 21.6. The van der Waals surface area contributed by atoms with Gasteiger partial charge in [-0.2, -0.15) is 0 Å². The molecule has 14 N–H and O–H groups in total. The van der Waals surface area contributed by atoms with Crippen LogP contribution in [0.5, 0.6) is 0 Å². The summed E-state index contributed by atoms with van der Waals surface area (Å²) in [6, 6.07) is -2.27. The van der Waals surface area contributed by atoms with Gasteiger partial charge in [-0.1, -0.05) is 13.8 Å². The second kappa shape index (κ2) is 24.8. The van der Waals surface area contributed by atoms with E-state index in [0.717, 1.165) is 6.92 Å². The van der Waals surface area contributed by atoms with Crippen molar-refractivity contribution in [3.05, 3.63) is 0 Å². The van der Waals surface area contributed by atoms with Crippen LogP contribution in [-0.4, -0.2) is 229 Å². The third-order valence-electron chi connectivity index (χ3n) is 10.9. The molecule has 3 rings (SSSR count). The van der Waals surface area contributed by atoms with Gasteiger partial charge in [0.1, 0.15) is 42.7 Å². The summed E-state index contributed by atoms with van der Waals surface area (Å²) in [7, 11) is 0. The number of rotatable bonds is 24. The van der Waals surface area contributed by atoms with Crippen molar-refractivity contribution in [2.24, 2.45) is 5.92 Å². The molecule has 24 heteroatoms. The molecule has 2 amide bonds. The fourth-order valence-corrected chi connectivity index (χ4v) is 7.94. The summed E-state index contributed by atoms with van der Waals surface area (Å²) in [6.07, 6.45) is -24.8. The van der Waals surface area contributed by atoms with Crippen LogP contribution in [0.1, 0.15) is 60.8 Å². The molecule has 0 aromatic carbocycles. The van der Waals surface area contributed by atoms with E-state index in [-0.39, 0.29) is 19.1 Å². The summed E-state index contributed by atoms with van der Waals surface area (Å²) < 4.78 is 42.0. The largest absolute Gasteiger partial charge is 0.477 e. The predicted octanol–water partition coefficient (Wildman–Crippen LogP) is -5.88. The maximum atomic E-state index is 13.0. The highest BCUT2D eigenvalue weighted by atomic mass is 16.8. The Morgan fingerprint density at radius 1 is 0.790 bits per heavy atom. The van der Waals surface area contributed by atoms with Crippen LogP contribution in [0.3, 0.4) is 0 Å². The lowest BCUT2D eigenvalue weighted by molar-refractivity contribution is -0.378. The smallest absolute Gasteiger partial charge is 0.364 e. The molecule has 0 radical (unpaired) electrons. The van der Waals surface area contributed by atoms with Crippen molar-refractivity contribution in [2.45, 2.75) is 177 Å². The van der Waals surface area contributed by atoms with Crippen molar-refractivity contribution < 1.29 is 104 Å². The third-order valence-corrected chi connectivity index (χ3v) is 10.9. The monoisotopic (exact) mass is 903 g/mol. The molecule has 0 spiro atoms. The number of amides is 2. The zero-order valence-corrected chi connectivity index (χ0v) is 35.8. The highest BCUT2D eigenvalue weighted by molar-refractivity contribution is 5.76. The molecule has 0 aliphatic carbocycles. The van der Waals surface area contributed by atoms with Gasteiger partial charge in [0.05, 0.1) is 81.7 Å². The molecule has 0 bridgehead atoms. The van der Waals surface area contributed by atoms with Crippen LogP contribution < -0.4 is 16.0 Å². The van der Waals surface area contributed by atoms with Crippen LogP contribution in [0.2, 0.25) is 0 Å². The van der Waals surface area contributed by atoms with E-state index in [1.165, 1.54) is 13.8 Å². The molecule has 3 aliphatic rings. The minimum Gasteiger partial charge on any atom is -0.477 e. The molecule has 0 aromatic heterocycles. The molecule has 3 saturated heterocycles. The Morgan fingerprint density at radius 3 is 1.95 bits per heavy atom. The molecule has 3 heterocycles. The van der Waals surface area contributed by atoms with Gasteiger partial charge in [0.2, 0.25) is 11.8 Å². The summed E-state index contributed by atoms with van der Waals surface area (Å²) >= 11 is 0. The first-order chi connectivity index (χ1) is 29.1. The predicted molar refractivity (Wildman–Crippen MR) is 208 cm³/mol. The highest BCUT2D eigenvalue weighted by Gasteiger charge is 2.59. The van der Waals surface area contributed by atoms with Crippen LogP contribution >= 0.6 is 0 Å². The Morgan fingerprint density at radius 2 is 1.40 bits per heavy atom. The van der Waals surface area contributed by atoms with E-state index >= 15 is 0 Å². The Hall–Kier alpha value is -2.31. The van der Waals surface area contributed by atoms with Gasteiger partial charge in [0.15, 0.2) is 12.6 Å². The molecule has 0 saturated carbocycles. The van der Waals surface area contributed by atoms with Gasteiger partial charge in [-0.05, 0) is 20.3 Å². The minimum absolute atomic E-state index is 0.0644. The number of aliphatic hydroxyl groups is 10. The van der Waals surface area contributed by atoms with Crippen molar-refractivity contribution in [1.82, 2.24) is 16.0 Å². The van der Waals surface area contributed by atoms with Gasteiger partial charge in [-0.15, -0.1) is 0 Å². The third kappa shape index (κ3) is 14.3. The first-order valence-electron chi connectivity index (χ1n) is 20.7. The Bertz CT molecular complexity index is 1390. The van der Waals surface area contributed by atoms with Crippen molar-refractivity contribution in [3.8, 4) is 0 Å². The molecule has 19 atom stereocenters. The van der Waals surface area contributed by atoms with E-state index in [0.29, 0.717) is 6.54 Å². The summed E-state index contributed by atoms with van der Waals surface area (Å²) in [5.74, 6) is -6.91. The number of carboxylic acids is 1. The van der Waals surface area contributed by atoms with Crippen molar-refractivity contribution in [1.29, 1.82) is 0 Å². The average Bonchev–Trinajstić information content (AvgIpc) is 3.20. The van der Waals surface area contributed by atoms with Crippen molar-refractivity contribution >= 4 is 17.8 Å². The first-order valence-corrected chi connectivity index (χ1v) is 20.7. The van der Waals surface area contributed by atoms with Crippen molar-refractivity contribution in [2.75, 3.05) is 39.6 Å². The van der Waals surface area contributed by atoms with Gasteiger partial charge in [0, 0.05) is 45.2 Å². The number of hydrogen-bond donors (Lipinski definition) is 14. The van der Waals surface area contributed by atoms with E-state index in [4.69, 9.17) is 33.2 Å². The summed E-state index contributed by atoms with van der Waals surface area (Å²) in [4.78, 5) is 37.7. The molecular formula is C38H69N3O21. The first kappa shape index (κ1) is 54.0. The topological polar surface area (TPSA) is 374 Å². The lowest BCUT2D eigenvalue weighted by atomic mass is 9.82. The summed E-state index contributed by atoms with van der Waals surface area (Å²) in [6.45, 7) is 6.45. The van der Waals surface area contributed by atoms with Crippen LogP contribution in [0.25, 0.3) is 0 Å². The summed E-state index contributed by atoms with van der Waals surface area (Å²) in [5.41, 5.74) is 0. The van der Waals surface area contributed by atoms with Gasteiger partial charge in [-0.3, -0.25) is 9.59 Å². The zero-order valence-electron chi connectivity index (χ0n) is 35.8. The fourth-order valence-electron chi connectivity index (χ4n) is 7.94. The van der Waals surface area contributed by atoms with Crippen LogP contribution in [-0.2, 0) is 47.5 Å². The SMILES string of the molecule is CC(=O)NC1C(OCCNC(C)C)OC(CO)C(OC2OC(CO)C(O)C(O[C@]3(C(=O)O)C[C@@H](O)C(NC(C)=O)C(C[C@H](O)CO)O3)C2O)C1C[C@@H](C)OC(C)C(O)[C@H](O)CO. The van der Waals surface area contributed by atoms with Crippen molar-refractivity contribution in [3.63, 3.8) is 0 Å². The molecule has 3 fully saturated rings. The fraction of sp³-hybridized carbons (Fsp3) is 0.921. The number of carboxylic acid groups (broad SMARTS) is 1. The van der Waals surface area contributed by atoms with E-state index in [2.05, 4.69) is 16.0 Å². The zero-order chi connectivity index (χ0) is 46.6. The lowest BCUT2D eigenvalue weighted by Gasteiger charge is -2.51. The molecular weight excluding hydrogens is 834 g/mol. The molecule has 362 valence electrons. The standard InChI is InChI=1S/C38H69N3O21/c1-16(2)39-7-8-56-35-28(40-19(5)46)22(9-17(3)57-18(4)30(51)24(50)13-43)33(27(15-45)59-35)60-36-32(53)34(31(52)26(14-44)58-36)62-38(37(54)55)11-23(49)29(41-20(6)47)25(61-38)10-21(48)12-42/h16-18,21-36,39,42-45,48-53H,7-15H2,1-6H3,(H,40,46)(H,41,47)(H,54,55)/t17-,18?,21+,22?,23-,24-,25?,26?,27?,28?,29?,30?,31?,32?,33?,34?,35?,36?,38+/m1/s1. The van der Waals surface area contributed by atoms with Gasteiger partial charge in [0.25, 0.3) is 5.79 Å². The second-order valence-electron chi connectivity index (χ2n) is 16.4. The minimum atomic E-state index is -2.89. The average molecular weight is 904 g/mol. The van der Waals surface area contributed by atoms with Gasteiger partial charge in [-0.25, -0.2) is 4.79 Å². The number of carbonyl (C=O) groups is 3. The van der Waals surface area contributed by atoms with E-state index in [1.54, 1.807) is 6.92 Å². The Balaban J connectivity index is 2.05. The Labute approximate surface area is 359 Å². The number of ether oxygens (including phenoxy) is 7.